The highest BCUT2D eigenvalue weighted by Gasteiger charge is 2.44. The van der Waals surface area contributed by atoms with E-state index in [1.807, 2.05) is 36.4 Å². The first-order valence-electron chi connectivity index (χ1n) is 19.1. The van der Waals surface area contributed by atoms with Crippen LogP contribution in [0.2, 0.25) is 0 Å². The Morgan fingerprint density at radius 1 is 0.596 bits per heavy atom. The molecule has 0 heterocycles. The Labute approximate surface area is 308 Å². The standard InChI is InChI=1S/C16H18O2.C15H18O2.C15H16O2/c1-16-8-7-13(17)10-12(16)4-3-11-9-14(18-2)5-6-15(11)16;2*1-15-7-6-13(17)9-11(15)3-2-10-8-12(16)4-5-14(10)15/h5-6,9-10H,3-4,7-8H2,1-2H3;4-5,8,11,16H,2-3,6-7,9H2,1H3;4-5,8-9,16H,2-3,6-7H2,1H3/t;11-,15-;15-/m.11/s1. The van der Waals surface area contributed by atoms with Gasteiger partial charge in [0.15, 0.2) is 11.6 Å². The summed E-state index contributed by atoms with van der Waals surface area (Å²) in [5.74, 6) is 3.11. The van der Waals surface area contributed by atoms with Gasteiger partial charge in [-0.25, -0.2) is 0 Å². The van der Waals surface area contributed by atoms with Crippen LogP contribution in [0.15, 0.2) is 77.9 Å². The predicted octanol–water partition coefficient (Wildman–Crippen LogP) is 9.04. The van der Waals surface area contributed by atoms with Crippen LogP contribution in [0.25, 0.3) is 0 Å². The maximum absolute atomic E-state index is 11.6. The van der Waals surface area contributed by atoms with Gasteiger partial charge in [0, 0.05) is 36.5 Å². The molecule has 0 spiro atoms. The van der Waals surface area contributed by atoms with Crippen LogP contribution in [0.3, 0.4) is 0 Å². The van der Waals surface area contributed by atoms with Crippen molar-refractivity contribution in [3.05, 3.63) is 111 Å². The molecular weight excluding hydrogens is 649 g/mol. The lowest BCUT2D eigenvalue weighted by Crippen LogP contribution is -2.41. The third kappa shape index (κ3) is 6.54. The smallest absolute Gasteiger partial charge is 0.155 e. The van der Waals surface area contributed by atoms with Crippen molar-refractivity contribution in [2.45, 2.75) is 120 Å². The third-order valence-electron chi connectivity index (χ3n) is 13.5. The highest BCUT2D eigenvalue weighted by Crippen LogP contribution is 2.50. The van der Waals surface area contributed by atoms with E-state index in [9.17, 15) is 24.6 Å². The van der Waals surface area contributed by atoms with Gasteiger partial charge in [0.25, 0.3) is 0 Å². The molecule has 1 unspecified atom stereocenters. The number of ketones is 3. The normalized spacial score (nSPS) is 28.3. The molecule has 6 heteroatoms. The van der Waals surface area contributed by atoms with Gasteiger partial charge in [0.05, 0.1) is 7.11 Å². The number of carbonyl (C=O) groups excluding carboxylic acids is 3. The fourth-order valence-corrected chi connectivity index (χ4v) is 10.2. The molecule has 4 atom stereocenters. The minimum atomic E-state index is 0.00912. The van der Waals surface area contributed by atoms with Crippen molar-refractivity contribution in [2.75, 3.05) is 7.11 Å². The number of carbonyl (C=O) groups is 3. The summed E-state index contributed by atoms with van der Waals surface area (Å²) in [7, 11) is 1.71. The second kappa shape index (κ2) is 13.8. The number of hydrogen-bond donors (Lipinski definition) is 2. The van der Waals surface area contributed by atoms with Gasteiger partial charge >= 0.3 is 0 Å². The van der Waals surface area contributed by atoms with Gasteiger partial charge in [-0.15, -0.1) is 0 Å². The number of methoxy groups -OCH3 is 1. The van der Waals surface area contributed by atoms with E-state index in [1.54, 1.807) is 19.2 Å². The highest BCUT2D eigenvalue weighted by molar-refractivity contribution is 5.93. The third-order valence-corrected chi connectivity index (χ3v) is 13.5. The van der Waals surface area contributed by atoms with Gasteiger partial charge in [0.1, 0.15) is 23.0 Å². The van der Waals surface area contributed by atoms with Crippen molar-refractivity contribution < 1.29 is 29.3 Å². The van der Waals surface area contributed by atoms with Gasteiger partial charge in [0.2, 0.25) is 0 Å². The van der Waals surface area contributed by atoms with Crippen LogP contribution in [-0.2, 0) is 49.9 Å². The van der Waals surface area contributed by atoms with E-state index >= 15 is 0 Å². The number of hydrogen-bond acceptors (Lipinski definition) is 6. The molecule has 52 heavy (non-hydrogen) atoms. The van der Waals surface area contributed by atoms with Crippen LogP contribution in [0, 0.1) is 5.92 Å². The highest BCUT2D eigenvalue weighted by atomic mass is 16.5. The van der Waals surface area contributed by atoms with Gasteiger partial charge in [-0.05, 0) is 151 Å². The quantitative estimate of drug-likeness (QED) is 0.263. The van der Waals surface area contributed by atoms with Crippen molar-refractivity contribution in [3.63, 3.8) is 0 Å². The fraction of sp³-hybridized carbons (Fsp3) is 0.457. The maximum atomic E-state index is 11.6. The lowest BCUT2D eigenvalue weighted by Gasteiger charge is -2.46. The number of rotatable bonds is 1. The van der Waals surface area contributed by atoms with Gasteiger partial charge in [-0.2, -0.15) is 0 Å². The number of fused-ring (bicyclic) bond motifs is 9. The van der Waals surface area contributed by atoms with Crippen LogP contribution in [0.5, 0.6) is 17.2 Å². The number of benzene rings is 3. The molecule has 0 saturated heterocycles. The van der Waals surface area contributed by atoms with Crippen LogP contribution in [0.4, 0.5) is 0 Å². The zero-order valence-electron chi connectivity index (χ0n) is 31.1. The minimum absolute atomic E-state index is 0.00912. The molecule has 6 aliphatic rings. The Kier molecular flexibility index (Phi) is 9.56. The van der Waals surface area contributed by atoms with Crippen LogP contribution >= 0.6 is 0 Å². The molecule has 9 rings (SSSR count). The Bertz CT molecular complexity index is 2000. The summed E-state index contributed by atoms with van der Waals surface area (Å²) in [4.78, 5) is 34.7. The van der Waals surface area contributed by atoms with Crippen molar-refractivity contribution in [1.82, 2.24) is 0 Å². The largest absolute Gasteiger partial charge is 0.508 e. The molecule has 272 valence electrons. The maximum Gasteiger partial charge on any atom is 0.155 e. The van der Waals surface area contributed by atoms with E-state index in [4.69, 9.17) is 4.74 Å². The first-order chi connectivity index (χ1) is 24.8. The topological polar surface area (TPSA) is 101 Å². The van der Waals surface area contributed by atoms with Crippen LogP contribution in [-0.4, -0.2) is 34.7 Å². The monoisotopic (exact) mass is 700 g/mol. The van der Waals surface area contributed by atoms with E-state index in [1.165, 1.54) is 44.5 Å². The van der Waals surface area contributed by atoms with Crippen molar-refractivity contribution >= 4 is 17.3 Å². The summed E-state index contributed by atoms with van der Waals surface area (Å²) < 4.78 is 5.30. The molecule has 6 aliphatic carbocycles. The van der Waals surface area contributed by atoms with Crippen molar-refractivity contribution in [1.29, 1.82) is 0 Å². The first-order valence-corrected chi connectivity index (χ1v) is 19.1. The molecule has 2 N–H and O–H groups in total. The number of ether oxygens (including phenoxy) is 1. The second-order valence-corrected chi connectivity index (χ2v) is 16.5. The van der Waals surface area contributed by atoms with Gasteiger partial charge in [-0.1, -0.05) is 50.1 Å². The van der Waals surface area contributed by atoms with E-state index in [-0.39, 0.29) is 22.0 Å². The summed E-state index contributed by atoms with van der Waals surface area (Å²) in [6.45, 7) is 6.79. The average molecular weight is 701 g/mol. The molecule has 0 radical (unpaired) electrons. The number of phenols is 2. The molecule has 1 saturated carbocycles. The zero-order valence-corrected chi connectivity index (χ0v) is 31.1. The second-order valence-electron chi connectivity index (χ2n) is 16.5. The molecule has 0 amide bonds. The van der Waals surface area contributed by atoms with Crippen molar-refractivity contribution in [2.24, 2.45) is 5.92 Å². The summed E-state index contributed by atoms with van der Waals surface area (Å²) in [6.07, 6.45) is 15.3. The number of allylic oxidation sites excluding steroid dienone is 4. The van der Waals surface area contributed by atoms with E-state index in [0.29, 0.717) is 48.2 Å². The number of Topliss-reactive ketones (excluding diaryl/α,β-unsaturated/α-hetero) is 1. The Morgan fingerprint density at radius 3 is 1.69 bits per heavy atom. The lowest BCUT2D eigenvalue weighted by molar-refractivity contribution is -0.123. The summed E-state index contributed by atoms with van der Waals surface area (Å²) >= 11 is 0. The number of aromatic hydroxyl groups is 2. The van der Waals surface area contributed by atoms with Crippen LogP contribution in [0.1, 0.15) is 118 Å². The molecule has 0 aliphatic heterocycles. The van der Waals surface area contributed by atoms with Gasteiger partial charge in [-0.3, -0.25) is 14.4 Å². The predicted molar refractivity (Wildman–Crippen MR) is 203 cm³/mol. The fourth-order valence-electron chi connectivity index (χ4n) is 10.2. The molecule has 3 aromatic carbocycles. The Balaban J connectivity index is 0.000000121. The molecule has 3 aromatic rings. The summed E-state index contributed by atoms with van der Waals surface area (Å²) in [5, 5.41) is 19.1. The molecule has 1 fully saturated rings. The average Bonchev–Trinajstić information content (AvgIpc) is 3.13. The van der Waals surface area contributed by atoms with Gasteiger partial charge < -0.3 is 14.9 Å². The summed E-state index contributed by atoms with van der Waals surface area (Å²) in [5.41, 5.74) is 10.7. The van der Waals surface area contributed by atoms with E-state index in [0.717, 1.165) is 70.0 Å². The minimum Gasteiger partial charge on any atom is -0.508 e. The van der Waals surface area contributed by atoms with E-state index < -0.39 is 0 Å². The first kappa shape index (κ1) is 35.9. The summed E-state index contributed by atoms with van der Waals surface area (Å²) in [6, 6.07) is 17.7. The van der Waals surface area contributed by atoms with Crippen molar-refractivity contribution in [3.8, 4) is 17.2 Å². The number of phenolic OH excluding ortho intramolecular Hbond substituents is 2. The molecule has 0 bridgehead atoms. The lowest BCUT2D eigenvalue weighted by atomic mass is 9.58. The Hall–Kier alpha value is -4.45. The Morgan fingerprint density at radius 2 is 1.12 bits per heavy atom. The van der Waals surface area contributed by atoms with Crippen LogP contribution < -0.4 is 4.74 Å². The molecule has 0 aromatic heterocycles. The zero-order chi connectivity index (χ0) is 36.8. The van der Waals surface area contributed by atoms with E-state index in [2.05, 4.69) is 39.0 Å². The molecular formula is C46H52O6. The number of aryl methyl sites for hydroxylation is 3. The SMILES string of the molecule is COc1ccc2c(c1)CCC1=CC(=O)CCC12C.C[C@@]12CCC(=O)C=C1CCc1cc(O)ccc12.C[C@@]12CCC(=O)C[C@H]1CCc1cc(O)ccc12. The molecule has 6 nitrogen and oxygen atoms in total.